The Bertz CT molecular complexity index is 950. The molecule has 5 nitrogen and oxygen atoms in total. The minimum Gasteiger partial charge on any atom is -0.489 e. The summed E-state index contributed by atoms with van der Waals surface area (Å²) in [5.41, 5.74) is 1.25. The van der Waals surface area contributed by atoms with E-state index in [2.05, 4.69) is 14.9 Å². The molecule has 0 spiro atoms. The summed E-state index contributed by atoms with van der Waals surface area (Å²) in [7, 11) is 0. The van der Waals surface area contributed by atoms with Crippen molar-refractivity contribution in [1.29, 1.82) is 0 Å². The number of nitrogens with one attached hydrogen (secondary N) is 1. The Kier molecular flexibility index (Phi) is 8.94. The number of ether oxygens (including phenoxy) is 1. The van der Waals surface area contributed by atoms with Crippen molar-refractivity contribution in [3.8, 4) is 17.1 Å². The van der Waals surface area contributed by atoms with Gasteiger partial charge in [-0.2, -0.15) is 0 Å². The van der Waals surface area contributed by atoms with Crippen LogP contribution < -0.4 is 10.1 Å². The molecule has 30 heavy (non-hydrogen) atoms. The molecule has 2 aromatic carbocycles. The maximum absolute atomic E-state index is 13.9. The van der Waals surface area contributed by atoms with Crippen molar-refractivity contribution in [2.24, 2.45) is 0 Å². The number of aliphatic hydroxyl groups is 1. The second-order valence-corrected chi connectivity index (χ2v) is 7.26. The van der Waals surface area contributed by atoms with Crippen LogP contribution in [0.1, 0.15) is 18.0 Å². The summed E-state index contributed by atoms with van der Waals surface area (Å²) in [6, 6.07) is 12.5. The highest BCUT2D eigenvalue weighted by atomic mass is 35.5. The highest BCUT2D eigenvalue weighted by Crippen LogP contribution is 2.29. The van der Waals surface area contributed by atoms with Crippen LogP contribution >= 0.6 is 36.4 Å². The summed E-state index contributed by atoms with van der Waals surface area (Å²) in [5.74, 6) is 1.07. The Balaban J connectivity index is 0.00000160. The van der Waals surface area contributed by atoms with Crippen LogP contribution in [0.25, 0.3) is 11.4 Å². The van der Waals surface area contributed by atoms with E-state index in [0.29, 0.717) is 16.3 Å². The van der Waals surface area contributed by atoms with Gasteiger partial charge in [0.05, 0.1) is 11.6 Å². The monoisotopic (exact) mass is 473 g/mol. The van der Waals surface area contributed by atoms with Gasteiger partial charge in [0, 0.05) is 42.1 Å². The SMILES string of the molecule is Cl.Cl.OC[C@@H]1C[C@@H](n2ccnc2-c2cccc(OCc3c(F)cccc3Cl)c2)CN1. The molecule has 1 saturated heterocycles. The molecule has 0 saturated carbocycles. The van der Waals surface area contributed by atoms with E-state index in [4.69, 9.17) is 16.3 Å². The molecular weight excluding hydrogens is 452 g/mol. The minimum atomic E-state index is -0.383. The number of hydrogen-bond donors (Lipinski definition) is 2. The lowest BCUT2D eigenvalue weighted by Gasteiger charge is -2.15. The molecule has 0 amide bonds. The highest BCUT2D eigenvalue weighted by molar-refractivity contribution is 6.31. The summed E-state index contributed by atoms with van der Waals surface area (Å²) in [4.78, 5) is 4.51. The van der Waals surface area contributed by atoms with Gasteiger partial charge in [0.25, 0.3) is 0 Å². The number of aliphatic hydroxyl groups excluding tert-OH is 1. The van der Waals surface area contributed by atoms with E-state index in [-0.39, 0.29) is 55.9 Å². The molecule has 3 aromatic rings. The lowest BCUT2D eigenvalue weighted by molar-refractivity contribution is 0.253. The van der Waals surface area contributed by atoms with E-state index in [9.17, 15) is 9.50 Å². The van der Waals surface area contributed by atoms with Gasteiger partial charge in [-0.3, -0.25) is 0 Å². The maximum atomic E-state index is 13.9. The third kappa shape index (κ3) is 5.25. The van der Waals surface area contributed by atoms with E-state index < -0.39 is 0 Å². The van der Waals surface area contributed by atoms with Crippen molar-refractivity contribution in [2.75, 3.05) is 13.2 Å². The second-order valence-electron chi connectivity index (χ2n) is 6.85. The van der Waals surface area contributed by atoms with Gasteiger partial charge in [-0.05, 0) is 30.7 Å². The average Bonchev–Trinajstić information content (AvgIpc) is 3.37. The van der Waals surface area contributed by atoms with Crippen LogP contribution in [0.15, 0.2) is 54.9 Å². The van der Waals surface area contributed by atoms with Gasteiger partial charge in [-0.25, -0.2) is 9.37 Å². The van der Waals surface area contributed by atoms with Gasteiger partial charge in [0.1, 0.15) is 24.0 Å². The molecule has 0 unspecified atom stereocenters. The van der Waals surface area contributed by atoms with Crippen molar-refractivity contribution in [3.05, 3.63) is 71.3 Å². The predicted octanol–water partition coefficient (Wildman–Crippen LogP) is 4.66. The van der Waals surface area contributed by atoms with E-state index in [0.717, 1.165) is 24.4 Å². The molecule has 0 bridgehead atoms. The highest BCUT2D eigenvalue weighted by Gasteiger charge is 2.26. The number of hydrogen-bond acceptors (Lipinski definition) is 4. The van der Waals surface area contributed by atoms with Crippen molar-refractivity contribution in [3.63, 3.8) is 0 Å². The zero-order valence-electron chi connectivity index (χ0n) is 16.0. The van der Waals surface area contributed by atoms with Crippen LogP contribution in [0, 0.1) is 5.82 Å². The Morgan fingerprint density at radius 1 is 1.23 bits per heavy atom. The third-order valence-electron chi connectivity index (χ3n) is 5.02. The van der Waals surface area contributed by atoms with E-state index in [1.54, 1.807) is 18.3 Å². The fraction of sp³-hybridized carbons (Fsp3) is 0.286. The van der Waals surface area contributed by atoms with Gasteiger partial charge in [-0.15, -0.1) is 24.8 Å². The lowest BCUT2D eigenvalue weighted by atomic mass is 10.1. The number of imidazole rings is 1. The smallest absolute Gasteiger partial charge is 0.140 e. The lowest BCUT2D eigenvalue weighted by Crippen LogP contribution is -2.24. The number of nitrogens with zero attached hydrogens (tertiary/aromatic N) is 2. The Hall–Kier alpha value is -1.83. The first-order valence-corrected chi connectivity index (χ1v) is 9.56. The van der Waals surface area contributed by atoms with Gasteiger partial charge < -0.3 is 19.7 Å². The number of aromatic nitrogens is 2. The van der Waals surface area contributed by atoms with Gasteiger partial charge >= 0.3 is 0 Å². The van der Waals surface area contributed by atoms with Gasteiger partial charge in [0.15, 0.2) is 0 Å². The van der Waals surface area contributed by atoms with Crippen molar-refractivity contribution in [1.82, 2.24) is 14.9 Å². The summed E-state index contributed by atoms with van der Waals surface area (Å²) < 4.78 is 21.8. The Morgan fingerprint density at radius 2 is 2.03 bits per heavy atom. The molecule has 1 aliphatic heterocycles. The van der Waals surface area contributed by atoms with Crippen LogP contribution in [-0.4, -0.2) is 33.9 Å². The molecular formula is C21H23Cl3FN3O2. The van der Waals surface area contributed by atoms with Gasteiger partial charge in [0.2, 0.25) is 0 Å². The van der Waals surface area contributed by atoms with Crippen molar-refractivity contribution in [2.45, 2.75) is 25.1 Å². The molecule has 1 aliphatic rings. The normalized spacial score (nSPS) is 17.8. The molecule has 2 heterocycles. The summed E-state index contributed by atoms with van der Waals surface area (Å²) in [6.45, 7) is 0.965. The molecule has 0 radical (unpaired) electrons. The largest absolute Gasteiger partial charge is 0.489 e. The molecule has 2 N–H and O–H groups in total. The molecule has 162 valence electrons. The van der Waals surface area contributed by atoms with Crippen LogP contribution in [0.2, 0.25) is 5.02 Å². The standard InChI is InChI=1S/C21H21ClFN3O2.2ClH/c22-19-5-2-6-20(23)18(19)13-28-17-4-1-3-14(9-17)21-24-7-8-26(21)16-10-15(12-27)25-11-16;;/h1-9,15-16,25,27H,10-13H2;2*1H/t15-,16+;;/m0../s1. The average molecular weight is 475 g/mol. The fourth-order valence-electron chi connectivity index (χ4n) is 3.53. The zero-order chi connectivity index (χ0) is 19.5. The fourth-order valence-corrected chi connectivity index (χ4v) is 3.75. The van der Waals surface area contributed by atoms with Gasteiger partial charge in [-0.1, -0.05) is 29.8 Å². The topological polar surface area (TPSA) is 59.3 Å². The molecule has 1 fully saturated rings. The number of benzene rings is 2. The second kappa shape index (κ2) is 11.0. The number of halogens is 4. The molecule has 4 rings (SSSR count). The first kappa shape index (κ1) is 24.4. The molecule has 1 aromatic heterocycles. The van der Waals surface area contributed by atoms with E-state index in [1.165, 1.54) is 6.07 Å². The first-order valence-electron chi connectivity index (χ1n) is 9.19. The van der Waals surface area contributed by atoms with Crippen LogP contribution in [0.5, 0.6) is 5.75 Å². The molecule has 0 aliphatic carbocycles. The van der Waals surface area contributed by atoms with E-state index >= 15 is 0 Å². The third-order valence-corrected chi connectivity index (χ3v) is 5.37. The van der Waals surface area contributed by atoms with Crippen molar-refractivity contribution >= 4 is 36.4 Å². The Labute approximate surface area is 192 Å². The maximum Gasteiger partial charge on any atom is 0.140 e. The molecule has 9 heteroatoms. The first-order chi connectivity index (χ1) is 13.7. The zero-order valence-corrected chi connectivity index (χ0v) is 18.4. The summed E-state index contributed by atoms with van der Waals surface area (Å²) in [5, 5.41) is 13.0. The Morgan fingerprint density at radius 3 is 2.77 bits per heavy atom. The summed E-state index contributed by atoms with van der Waals surface area (Å²) >= 11 is 6.07. The van der Waals surface area contributed by atoms with Crippen molar-refractivity contribution < 1.29 is 14.2 Å². The van der Waals surface area contributed by atoms with E-state index in [1.807, 2.05) is 30.5 Å². The van der Waals surface area contributed by atoms with Crippen LogP contribution in [-0.2, 0) is 6.61 Å². The molecule has 2 atom stereocenters. The van der Waals surface area contributed by atoms with Crippen LogP contribution in [0.3, 0.4) is 0 Å². The summed E-state index contributed by atoms with van der Waals surface area (Å²) in [6.07, 6.45) is 4.57. The number of rotatable bonds is 6. The van der Waals surface area contributed by atoms with Crippen LogP contribution in [0.4, 0.5) is 4.39 Å². The quantitative estimate of drug-likeness (QED) is 0.545. The minimum absolute atomic E-state index is 0. The predicted molar refractivity (Wildman–Crippen MR) is 120 cm³/mol.